The minimum atomic E-state index is 0.653. The molecule has 0 atom stereocenters. The van der Waals surface area contributed by atoms with Crippen LogP contribution in [0.1, 0.15) is 11.1 Å². The average Bonchev–Trinajstić information content (AvgIpc) is 3.29. The molecule has 29 heavy (non-hydrogen) atoms. The number of aromatic nitrogens is 2. The molecule has 0 saturated heterocycles. The lowest BCUT2D eigenvalue weighted by Crippen LogP contribution is -2.38. The molecule has 0 aliphatic heterocycles. The average molecular weight is 393 g/mol. The topological polar surface area (TPSA) is 63.9 Å². The number of methoxy groups -OCH3 is 2. The van der Waals surface area contributed by atoms with Crippen molar-refractivity contribution in [3.63, 3.8) is 0 Å². The summed E-state index contributed by atoms with van der Waals surface area (Å²) in [5.41, 5.74) is 3.23. The normalized spacial score (nSPS) is 11.2. The number of nitrogens with zero attached hydrogens (tertiary/aromatic N) is 4. The van der Waals surface area contributed by atoms with Gasteiger partial charge < -0.3 is 19.7 Å². The predicted octanol–water partition coefficient (Wildman–Crippen LogP) is 3.10. The van der Waals surface area contributed by atoms with Crippen LogP contribution in [0.4, 0.5) is 0 Å². The smallest absolute Gasteiger partial charge is 0.193 e. The lowest BCUT2D eigenvalue weighted by atomic mass is 10.2. The van der Waals surface area contributed by atoms with Crippen LogP contribution in [0.15, 0.2) is 65.9 Å². The summed E-state index contributed by atoms with van der Waals surface area (Å²) in [5, 5.41) is 7.71. The Morgan fingerprint density at radius 3 is 2.69 bits per heavy atom. The first-order valence-corrected chi connectivity index (χ1v) is 9.36. The highest BCUT2D eigenvalue weighted by Gasteiger charge is 2.11. The first-order chi connectivity index (χ1) is 14.1. The number of hydrogen-bond donors (Lipinski definition) is 1. The number of aliphatic imine (C=N–C) groups is 1. The van der Waals surface area contributed by atoms with Crippen LogP contribution in [0.3, 0.4) is 0 Å². The summed E-state index contributed by atoms with van der Waals surface area (Å²) in [6.07, 6.45) is 3.71. The Morgan fingerprint density at radius 2 is 2.00 bits per heavy atom. The zero-order valence-electron chi connectivity index (χ0n) is 17.3. The molecule has 1 heterocycles. The van der Waals surface area contributed by atoms with Crippen LogP contribution in [0.5, 0.6) is 11.5 Å². The molecule has 0 aliphatic rings. The van der Waals surface area contributed by atoms with Gasteiger partial charge in [0, 0.05) is 51.2 Å². The van der Waals surface area contributed by atoms with Gasteiger partial charge in [0.1, 0.15) is 11.5 Å². The lowest BCUT2D eigenvalue weighted by Gasteiger charge is -2.23. The summed E-state index contributed by atoms with van der Waals surface area (Å²) in [6, 6.07) is 16.0. The second-order valence-electron chi connectivity index (χ2n) is 6.56. The molecule has 7 heteroatoms. The van der Waals surface area contributed by atoms with Crippen molar-refractivity contribution in [1.82, 2.24) is 20.0 Å². The predicted molar refractivity (Wildman–Crippen MR) is 115 cm³/mol. The molecule has 0 unspecified atom stereocenters. The van der Waals surface area contributed by atoms with E-state index in [4.69, 9.17) is 9.47 Å². The van der Waals surface area contributed by atoms with E-state index in [1.54, 1.807) is 27.5 Å². The van der Waals surface area contributed by atoms with Crippen molar-refractivity contribution in [2.24, 2.45) is 4.99 Å². The zero-order chi connectivity index (χ0) is 20.6. The lowest BCUT2D eigenvalue weighted by molar-refractivity contribution is 0.382. The molecule has 0 fully saturated rings. The molecule has 2 aromatic carbocycles. The van der Waals surface area contributed by atoms with Gasteiger partial charge in [-0.05, 0) is 35.9 Å². The molecule has 7 nitrogen and oxygen atoms in total. The van der Waals surface area contributed by atoms with Crippen LogP contribution in [-0.2, 0) is 13.1 Å². The second kappa shape index (κ2) is 9.64. The first-order valence-electron chi connectivity index (χ1n) is 9.36. The maximum absolute atomic E-state index is 5.50. The highest BCUT2D eigenvalue weighted by Crippen LogP contribution is 2.25. The number of ether oxygens (including phenoxy) is 2. The first kappa shape index (κ1) is 20.3. The molecule has 1 aromatic heterocycles. The van der Waals surface area contributed by atoms with Gasteiger partial charge in [-0.25, -0.2) is 4.68 Å². The Bertz CT molecular complexity index is 954. The third-order valence-corrected chi connectivity index (χ3v) is 4.61. The van der Waals surface area contributed by atoms with Crippen molar-refractivity contribution in [1.29, 1.82) is 0 Å². The van der Waals surface area contributed by atoms with E-state index in [1.807, 2.05) is 54.3 Å². The van der Waals surface area contributed by atoms with Gasteiger partial charge in [0.2, 0.25) is 0 Å². The Morgan fingerprint density at radius 1 is 1.14 bits per heavy atom. The van der Waals surface area contributed by atoms with Crippen molar-refractivity contribution in [2.75, 3.05) is 28.3 Å². The quantitative estimate of drug-likeness (QED) is 0.494. The number of nitrogens with one attached hydrogen (secondary N) is 1. The fourth-order valence-electron chi connectivity index (χ4n) is 3.11. The summed E-state index contributed by atoms with van der Waals surface area (Å²) in [7, 11) is 7.09. The van der Waals surface area contributed by atoms with E-state index in [0.29, 0.717) is 13.1 Å². The summed E-state index contributed by atoms with van der Waals surface area (Å²) in [5.74, 6) is 2.36. The number of hydrogen-bond acceptors (Lipinski definition) is 4. The van der Waals surface area contributed by atoms with Gasteiger partial charge in [0.05, 0.1) is 19.9 Å². The van der Waals surface area contributed by atoms with E-state index in [0.717, 1.165) is 34.3 Å². The molecule has 0 radical (unpaired) electrons. The van der Waals surface area contributed by atoms with E-state index in [9.17, 15) is 0 Å². The van der Waals surface area contributed by atoms with Gasteiger partial charge in [-0.3, -0.25) is 4.99 Å². The van der Waals surface area contributed by atoms with Gasteiger partial charge in [0.25, 0.3) is 0 Å². The third kappa shape index (κ3) is 5.07. The molecule has 0 amide bonds. The Labute approximate surface area is 171 Å². The maximum Gasteiger partial charge on any atom is 0.193 e. The van der Waals surface area contributed by atoms with Gasteiger partial charge in [-0.2, -0.15) is 5.10 Å². The van der Waals surface area contributed by atoms with E-state index < -0.39 is 0 Å². The molecule has 0 spiro atoms. The van der Waals surface area contributed by atoms with Crippen molar-refractivity contribution in [2.45, 2.75) is 13.1 Å². The minimum Gasteiger partial charge on any atom is -0.497 e. The molecule has 0 bridgehead atoms. The summed E-state index contributed by atoms with van der Waals surface area (Å²) in [6.45, 7) is 1.31. The fraction of sp³-hybridized carbons (Fsp3) is 0.273. The van der Waals surface area contributed by atoms with E-state index in [1.165, 1.54) is 0 Å². The Kier molecular flexibility index (Phi) is 6.73. The monoisotopic (exact) mass is 393 g/mol. The molecular weight excluding hydrogens is 366 g/mol. The van der Waals surface area contributed by atoms with Crippen LogP contribution in [0, 0.1) is 0 Å². The molecule has 152 valence electrons. The van der Waals surface area contributed by atoms with Crippen LogP contribution < -0.4 is 14.8 Å². The Hall–Kier alpha value is -3.48. The number of guanidine groups is 1. The Balaban J connectivity index is 1.65. The van der Waals surface area contributed by atoms with Crippen LogP contribution in [0.25, 0.3) is 5.69 Å². The van der Waals surface area contributed by atoms with E-state index in [-0.39, 0.29) is 0 Å². The molecule has 3 aromatic rings. The van der Waals surface area contributed by atoms with Crippen LogP contribution >= 0.6 is 0 Å². The van der Waals surface area contributed by atoms with Crippen LogP contribution in [0.2, 0.25) is 0 Å². The molecule has 0 saturated carbocycles. The zero-order valence-corrected chi connectivity index (χ0v) is 17.3. The van der Waals surface area contributed by atoms with Crippen molar-refractivity contribution in [3.05, 3.63) is 72.1 Å². The van der Waals surface area contributed by atoms with Gasteiger partial charge in [-0.1, -0.05) is 12.1 Å². The maximum atomic E-state index is 5.50. The summed E-state index contributed by atoms with van der Waals surface area (Å²) >= 11 is 0. The van der Waals surface area contributed by atoms with Crippen molar-refractivity contribution in [3.8, 4) is 17.2 Å². The van der Waals surface area contributed by atoms with Crippen molar-refractivity contribution >= 4 is 5.96 Å². The number of rotatable bonds is 7. The molecular formula is C22H27N5O2. The SMILES string of the molecule is CN=C(NCc1cccc(-n2cccn2)c1)N(C)Cc1ccc(OC)cc1OC. The third-order valence-electron chi connectivity index (χ3n) is 4.61. The fourth-order valence-corrected chi connectivity index (χ4v) is 3.11. The van der Waals surface area contributed by atoms with Gasteiger partial charge in [-0.15, -0.1) is 0 Å². The minimum absolute atomic E-state index is 0.653. The highest BCUT2D eigenvalue weighted by atomic mass is 16.5. The van der Waals surface area contributed by atoms with E-state index >= 15 is 0 Å². The second-order valence-corrected chi connectivity index (χ2v) is 6.56. The molecule has 0 aliphatic carbocycles. The van der Waals surface area contributed by atoms with Gasteiger partial charge in [0.15, 0.2) is 5.96 Å². The van der Waals surface area contributed by atoms with Crippen LogP contribution in [-0.4, -0.2) is 49.0 Å². The van der Waals surface area contributed by atoms with E-state index in [2.05, 4.69) is 32.4 Å². The molecule has 3 rings (SSSR count). The summed E-state index contributed by atoms with van der Waals surface area (Å²) in [4.78, 5) is 6.47. The standard InChI is InChI=1S/C22H27N5O2/c1-23-22(26(2)16-18-9-10-20(28-3)14-21(18)29-4)24-15-17-7-5-8-19(13-17)27-12-6-11-25-27/h5-14H,15-16H2,1-4H3,(H,23,24). The molecule has 1 N–H and O–H groups in total. The number of benzene rings is 2. The highest BCUT2D eigenvalue weighted by molar-refractivity contribution is 5.79. The largest absolute Gasteiger partial charge is 0.497 e. The summed E-state index contributed by atoms with van der Waals surface area (Å²) < 4.78 is 12.6. The van der Waals surface area contributed by atoms with Crippen molar-refractivity contribution < 1.29 is 9.47 Å². The van der Waals surface area contributed by atoms with Gasteiger partial charge >= 0.3 is 0 Å².